The maximum absolute atomic E-state index is 14.2. The number of nitrogen functional groups attached to an aromatic ring is 1. The molecule has 4 aromatic carbocycles. The fourth-order valence-electron chi connectivity index (χ4n) is 4.26. The van der Waals surface area contributed by atoms with Gasteiger partial charge in [0.2, 0.25) is 0 Å². The van der Waals surface area contributed by atoms with Gasteiger partial charge in [0, 0.05) is 24.7 Å². The van der Waals surface area contributed by atoms with Crippen LogP contribution in [0.15, 0.2) is 108 Å². The summed E-state index contributed by atoms with van der Waals surface area (Å²) in [7, 11) is -2.73. The minimum Gasteiger partial charge on any atom is -0.497 e. The molecule has 0 spiro atoms. The third kappa shape index (κ3) is 7.29. The van der Waals surface area contributed by atoms with Crippen molar-refractivity contribution < 1.29 is 27.5 Å². The first-order valence-corrected chi connectivity index (χ1v) is 14.5. The van der Waals surface area contributed by atoms with Gasteiger partial charge >= 0.3 is 5.97 Å². The van der Waals surface area contributed by atoms with Crippen LogP contribution >= 0.6 is 0 Å². The molecular formula is C31H31N5O6S. The summed E-state index contributed by atoms with van der Waals surface area (Å²) >= 11 is 0. The van der Waals surface area contributed by atoms with E-state index in [0.29, 0.717) is 11.3 Å². The number of nitrogens with two attached hydrogens (primary N) is 1. The molecule has 0 bridgehead atoms. The third-order valence-corrected chi connectivity index (χ3v) is 7.71. The number of methoxy groups -OCH3 is 1. The van der Waals surface area contributed by atoms with Crippen molar-refractivity contribution in [3.05, 3.63) is 120 Å². The fourth-order valence-corrected chi connectivity index (χ4v) is 5.36. The van der Waals surface area contributed by atoms with Crippen molar-refractivity contribution in [3.8, 4) is 5.75 Å². The molecule has 1 atom stereocenters. The van der Waals surface area contributed by atoms with Gasteiger partial charge < -0.3 is 25.8 Å². The van der Waals surface area contributed by atoms with Crippen LogP contribution in [0.1, 0.15) is 23.6 Å². The summed E-state index contributed by atoms with van der Waals surface area (Å²) in [6.45, 7) is 1.20. The van der Waals surface area contributed by atoms with E-state index in [1.807, 2.05) is 30.3 Å². The number of sulfonamides is 1. The monoisotopic (exact) mass is 601 g/mol. The molecule has 11 nitrogen and oxygen atoms in total. The van der Waals surface area contributed by atoms with Crippen LogP contribution in [0.25, 0.3) is 0 Å². The second-order valence-electron chi connectivity index (χ2n) is 9.39. The second kappa shape index (κ2) is 13.1. The third-order valence-electron chi connectivity index (χ3n) is 6.33. The van der Waals surface area contributed by atoms with E-state index in [0.717, 1.165) is 12.5 Å². The van der Waals surface area contributed by atoms with Crippen molar-refractivity contribution in [2.75, 3.05) is 17.1 Å². The molecule has 0 saturated heterocycles. The van der Waals surface area contributed by atoms with Crippen LogP contribution in [0, 0.1) is 5.41 Å². The number of hydrogen-bond donors (Lipinski definition) is 5. The van der Waals surface area contributed by atoms with E-state index in [-0.39, 0.29) is 34.3 Å². The molecule has 0 fully saturated rings. The van der Waals surface area contributed by atoms with Crippen molar-refractivity contribution in [1.29, 1.82) is 5.41 Å². The molecule has 0 heterocycles. The van der Waals surface area contributed by atoms with E-state index in [4.69, 9.17) is 20.6 Å². The van der Waals surface area contributed by atoms with Gasteiger partial charge in [-0.25, -0.2) is 8.42 Å². The smallest absolute Gasteiger partial charge is 0.305 e. The number of rotatable bonds is 12. The van der Waals surface area contributed by atoms with Gasteiger partial charge in [-0.1, -0.05) is 48.5 Å². The molecule has 0 aliphatic carbocycles. The molecule has 6 N–H and O–H groups in total. The predicted octanol–water partition coefficient (Wildman–Crippen LogP) is 3.92. The Labute approximate surface area is 249 Å². The Kier molecular flexibility index (Phi) is 9.31. The maximum Gasteiger partial charge on any atom is 0.305 e. The summed E-state index contributed by atoms with van der Waals surface area (Å²) in [6.07, 6.45) is 0. The fraction of sp³-hybridized carbons (Fsp3) is 0.129. The van der Waals surface area contributed by atoms with Gasteiger partial charge in [-0.15, -0.1) is 0 Å². The van der Waals surface area contributed by atoms with Crippen LogP contribution in [0.3, 0.4) is 0 Å². The Balaban J connectivity index is 1.90. The number of hydrogen-bond acceptors (Lipinski definition) is 8. The largest absolute Gasteiger partial charge is 0.497 e. The summed E-state index contributed by atoms with van der Waals surface area (Å²) in [5.41, 5.74) is 4.70. The van der Waals surface area contributed by atoms with Gasteiger partial charge in [0.15, 0.2) is 0 Å². The van der Waals surface area contributed by atoms with Gasteiger partial charge in [-0.3, -0.25) is 19.7 Å². The van der Waals surface area contributed by atoms with E-state index in [1.165, 1.54) is 37.4 Å². The zero-order valence-electron chi connectivity index (χ0n) is 23.5. The van der Waals surface area contributed by atoms with Crippen LogP contribution in [0.4, 0.5) is 11.4 Å². The molecule has 222 valence electrons. The molecule has 0 unspecified atom stereocenters. The van der Waals surface area contributed by atoms with Gasteiger partial charge in [0.25, 0.3) is 21.7 Å². The molecule has 0 saturated carbocycles. The predicted molar refractivity (Wildman–Crippen MR) is 163 cm³/mol. The summed E-state index contributed by atoms with van der Waals surface area (Å²) in [6, 6.07) is 27.3. The van der Waals surface area contributed by atoms with Gasteiger partial charge in [0.1, 0.15) is 11.6 Å². The number of carbonyl (C=O) groups excluding carboxylic acids is 2. The van der Waals surface area contributed by atoms with E-state index in [1.54, 1.807) is 42.5 Å². The first-order valence-electron chi connectivity index (χ1n) is 13.0. The molecule has 4 aromatic rings. The van der Waals surface area contributed by atoms with Crippen LogP contribution < -0.4 is 25.8 Å². The van der Waals surface area contributed by atoms with Gasteiger partial charge in [-0.05, 0) is 60.2 Å². The van der Waals surface area contributed by atoms with Crippen LogP contribution in [0.2, 0.25) is 0 Å². The maximum atomic E-state index is 14.2. The average Bonchev–Trinajstić information content (AvgIpc) is 3.00. The van der Waals surface area contributed by atoms with Crippen LogP contribution in [0.5, 0.6) is 5.75 Å². The van der Waals surface area contributed by atoms with E-state index >= 15 is 0 Å². The molecule has 4 rings (SSSR count). The molecule has 0 aromatic heterocycles. The number of benzene rings is 4. The standard InChI is InChI=1S/C31H31N5O6S/c1-21(37)42-31(30(38)34-20-22-9-5-3-6-10-22,35-24-15-13-23(14-16-24)29(32)33)27-19-25(41-2)17-18-28(27)36-43(39,40)26-11-7-4-8-12-26/h3-19,35-36H,20H2,1-2H3,(H3,32,33)(H,34,38)/t31-/m0/s1. The SMILES string of the molecule is COc1ccc(NS(=O)(=O)c2ccccc2)c([C@](Nc2ccc(C(=N)N)cc2)(OC(C)=O)C(=O)NCc2ccccc2)c1. The highest BCUT2D eigenvalue weighted by molar-refractivity contribution is 7.92. The number of esters is 1. The topological polar surface area (TPSA) is 173 Å². The van der Waals surface area contributed by atoms with Crippen molar-refractivity contribution in [3.63, 3.8) is 0 Å². The average molecular weight is 602 g/mol. The Morgan fingerprint density at radius 3 is 2.12 bits per heavy atom. The van der Waals surface area contributed by atoms with Crippen molar-refractivity contribution in [1.82, 2.24) is 5.32 Å². The number of carbonyl (C=O) groups is 2. The minimum absolute atomic E-state index is 0.0174. The van der Waals surface area contributed by atoms with Crippen LogP contribution in [-0.2, 0) is 36.6 Å². The lowest BCUT2D eigenvalue weighted by Gasteiger charge is -2.35. The molecule has 1 amide bonds. The zero-order valence-corrected chi connectivity index (χ0v) is 24.3. The number of amides is 1. The Morgan fingerprint density at radius 2 is 1.53 bits per heavy atom. The van der Waals surface area contributed by atoms with Gasteiger partial charge in [0.05, 0.1) is 23.3 Å². The number of anilines is 2. The lowest BCUT2D eigenvalue weighted by Crippen LogP contribution is -2.53. The summed E-state index contributed by atoms with van der Waals surface area (Å²) in [4.78, 5) is 26.9. The van der Waals surface area contributed by atoms with Crippen molar-refractivity contribution in [2.45, 2.75) is 24.1 Å². The highest BCUT2D eigenvalue weighted by atomic mass is 32.2. The Bertz CT molecular complexity index is 1720. The summed E-state index contributed by atoms with van der Waals surface area (Å²) < 4.78 is 40.5. The van der Waals surface area contributed by atoms with Crippen molar-refractivity contribution >= 4 is 39.1 Å². The van der Waals surface area contributed by atoms with E-state index in [9.17, 15) is 18.0 Å². The molecule has 0 radical (unpaired) electrons. The lowest BCUT2D eigenvalue weighted by atomic mass is 9.97. The molecule has 43 heavy (non-hydrogen) atoms. The number of nitrogens with one attached hydrogen (secondary N) is 4. The Hall–Kier alpha value is -5.36. The lowest BCUT2D eigenvalue weighted by molar-refractivity contribution is -0.165. The second-order valence-corrected chi connectivity index (χ2v) is 11.1. The van der Waals surface area contributed by atoms with Crippen LogP contribution in [-0.4, -0.2) is 33.2 Å². The molecule has 0 aliphatic heterocycles. The summed E-state index contributed by atoms with van der Waals surface area (Å²) in [5.74, 6) is -1.53. The highest BCUT2D eigenvalue weighted by Gasteiger charge is 2.47. The summed E-state index contributed by atoms with van der Waals surface area (Å²) in [5, 5.41) is 13.5. The first kappa shape index (κ1) is 30.6. The highest BCUT2D eigenvalue weighted by Crippen LogP contribution is 2.37. The van der Waals surface area contributed by atoms with E-state index in [2.05, 4.69) is 15.4 Å². The number of ether oxygens (including phenoxy) is 2. The molecule has 12 heteroatoms. The first-order chi connectivity index (χ1) is 20.5. The van der Waals surface area contributed by atoms with Crippen molar-refractivity contribution in [2.24, 2.45) is 5.73 Å². The van der Waals surface area contributed by atoms with E-state index < -0.39 is 27.6 Å². The minimum atomic E-state index is -4.14. The molecular weight excluding hydrogens is 570 g/mol. The zero-order chi connectivity index (χ0) is 31.0. The van der Waals surface area contributed by atoms with Gasteiger partial charge in [-0.2, -0.15) is 0 Å². The Morgan fingerprint density at radius 1 is 0.907 bits per heavy atom. The quantitative estimate of drug-likeness (QED) is 0.0703. The molecule has 0 aliphatic rings. The normalized spacial score (nSPS) is 12.3. The number of amidine groups is 1.